The minimum absolute atomic E-state index is 0.0352. The predicted molar refractivity (Wildman–Crippen MR) is 130 cm³/mol. The van der Waals surface area contributed by atoms with E-state index in [1.54, 1.807) is 24.3 Å². The van der Waals surface area contributed by atoms with E-state index in [9.17, 15) is 29.4 Å². The Kier molecular flexibility index (Phi) is 8.26. The average Bonchev–Trinajstić information content (AvgIpc) is 2.83. The number of ether oxygens (including phenoxy) is 1. The summed E-state index contributed by atoms with van der Waals surface area (Å²) in [6.07, 6.45) is 1.33. The lowest BCUT2D eigenvalue weighted by Crippen LogP contribution is -2.20. The predicted octanol–water partition coefficient (Wildman–Crippen LogP) is 5.06. The Morgan fingerprint density at radius 1 is 1.11 bits per heavy atom. The molecular formula is C24H16BrFN4O5. The zero-order chi connectivity index (χ0) is 25.4. The van der Waals surface area contributed by atoms with Crippen molar-refractivity contribution in [1.29, 1.82) is 5.26 Å². The van der Waals surface area contributed by atoms with Crippen molar-refractivity contribution in [3.63, 3.8) is 0 Å². The van der Waals surface area contributed by atoms with Gasteiger partial charge in [-0.05, 0) is 57.9 Å². The Labute approximate surface area is 207 Å². The van der Waals surface area contributed by atoms with Crippen LogP contribution in [0.5, 0.6) is 5.75 Å². The molecule has 2 N–H and O–H groups in total. The summed E-state index contributed by atoms with van der Waals surface area (Å²) in [5.74, 6) is -1.56. The van der Waals surface area contributed by atoms with E-state index >= 15 is 0 Å². The fourth-order valence-electron chi connectivity index (χ4n) is 2.83. The molecule has 2 amide bonds. The van der Waals surface area contributed by atoms with Crippen LogP contribution in [-0.2, 0) is 9.59 Å². The summed E-state index contributed by atoms with van der Waals surface area (Å²) in [6.45, 7) is -0.378. The van der Waals surface area contributed by atoms with Gasteiger partial charge in [-0.15, -0.1) is 0 Å². The minimum Gasteiger partial charge on any atom is -0.483 e. The number of benzene rings is 3. The van der Waals surface area contributed by atoms with Crippen LogP contribution < -0.4 is 15.4 Å². The van der Waals surface area contributed by atoms with Crippen LogP contribution in [0.2, 0.25) is 0 Å². The van der Waals surface area contributed by atoms with Gasteiger partial charge in [0.05, 0.1) is 15.1 Å². The monoisotopic (exact) mass is 538 g/mol. The highest BCUT2D eigenvalue weighted by molar-refractivity contribution is 9.10. The van der Waals surface area contributed by atoms with Crippen LogP contribution in [0.3, 0.4) is 0 Å². The standard InChI is InChI=1S/C24H16BrFN4O5/c25-19-11-15(8-9-22(19)35-14-23(31)29-21-7-2-1-6-20(21)26)10-16(13-27)24(32)28-17-4-3-5-18(12-17)30(33)34/h1-12H,14H2,(H,28,32)(H,29,31)/b16-10-. The van der Waals surface area contributed by atoms with Crippen LogP contribution in [-0.4, -0.2) is 23.3 Å². The maximum atomic E-state index is 13.6. The van der Waals surface area contributed by atoms with E-state index in [4.69, 9.17) is 4.74 Å². The number of nitrogens with zero attached hydrogens (tertiary/aromatic N) is 2. The summed E-state index contributed by atoms with van der Waals surface area (Å²) < 4.78 is 19.5. The van der Waals surface area contributed by atoms with Gasteiger partial charge in [-0.25, -0.2) is 4.39 Å². The van der Waals surface area contributed by atoms with E-state index in [1.165, 1.54) is 54.6 Å². The van der Waals surface area contributed by atoms with Gasteiger partial charge in [0, 0.05) is 17.8 Å². The first-order chi connectivity index (χ1) is 16.8. The number of hydrogen-bond acceptors (Lipinski definition) is 6. The second-order valence-electron chi connectivity index (χ2n) is 6.94. The first kappa shape index (κ1) is 25.1. The summed E-state index contributed by atoms with van der Waals surface area (Å²) in [5, 5.41) is 25.1. The normalized spacial score (nSPS) is 10.7. The second-order valence-corrected chi connectivity index (χ2v) is 7.79. The lowest BCUT2D eigenvalue weighted by atomic mass is 10.1. The molecule has 0 aliphatic carbocycles. The fourth-order valence-corrected chi connectivity index (χ4v) is 3.34. The number of nitrogens with one attached hydrogen (secondary N) is 2. The Bertz CT molecular complexity index is 1370. The van der Waals surface area contributed by atoms with Crippen LogP contribution >= 0.6 is 15.9 Å². The maximum Gasteiger partial charge on any atom is 0.271 e. The number of nitro groups is 1. The summed E-state index contributed by atoms with van der Waals surface area (Å²) >= 11 is 3.31. The molecule has 0 aliphatic rings. The molecule has 0 bridgehead atoms. The van der Waals surface area contributed by atoms with Crippen LogP contribution in [0, 0.1) is 27.3 Å². The molecule has 176 valence electrons. The number of carbonyl (C=O) groups is 2. The topological polar surface area (TPSA) is 134 Å². The molecule has 9 nitrogen and oxygen atoms in total. The zero-order valence-corrected chi connectivity index (χ0v) is 19.4. The highest BCUT2D eigenvalue weighted by Crippen LogP contribution is 2.27. The molecular weight excluding hydrogens is 523 g/mol. The number of amides is 2. The van der Waals surface area contributed by atoms with Crippen molar-refractivity contribution in [2.45, 2.75) is 0 Å². The molecule has 0 spiro atoms. The molecule has 3 rings (SSSR count). The summed E-state index contributed by atoms with van der Waals surface area (Å²) in [6, 6.07) is 17.5. The SMILES string of the molecule is N#C/C(=C/c1ccc(OCC(=O)Nc2ccccc2F)c(Br)c1)C(=O)Nc1cccc([N+](=O)[O-])c1. The lowest BCUT2D eigenvalue weighted by molar-refractivity contribution is -0.384. The Morgan fingerprint density at radius 2 is 1.89 bits per heavy atom. The molecule has 0 radical (unpaired) electrons. The molecule has 0 fully saturated rings. The number of rotatable bonds is 8. The van der Waals surface area contributed by atoms with E-state index in [-0.39, 0.29) is 29.2 Å². The molecule has 35 heavy (non-hydrogen) atoms. The molecule has 3 aromatic rings. The highest BCUT2D eigenvalue weighted by Gasteiger charge is 2.13. The summed E-state index contributed by atoms with van der Waals surface area (Å²) in [7, 11) is 0. The third kappa shape index (κ3) is 6.96. The molecule has 0 atom stereocenters. The van der Waals surface area contributed by atoms with Gasteiger partial charge in [0.2, 0.25) is 0 Å². The van der Waals surface area contributed by atoms with E-state index in [1.807, 2.05) is 0 Å². The Balaban J connectivity index is 1.65. The van der Waals surface area contributed by atoms with Crippen molar-refractivity contribution >= 4 is 50.9 Å². The van der Waals surface area contributed by atoms with Crippen molar-refractivity contribution in [2.24, 2.45) is 0 Å². The highest BCUT2D eigenvalue weighted by atomic mass is 79.9. The van der Waals surface area contributed by atoms with Gasteiger partial charge in [0.1, 0.15) is 23.2 Å². The molecule has 3 aromatic carbocycles. The van der Waals surface area contributed by atoms with Gasteiger partial charge >= 0.3 is 0 Å². The number of carbonyl (C=O) groups excluding carboxylic acids is 2. The van der Waals surface area contributed by atoms with Gasteiger partial charge in [-0.2, -0.15) is 5.26 Å². The van der Waals surface area contributed by atoms with E-state index in [2.05, 4.69) is 26.6 Å². The van der Waals surface area contributed by atoms with E-state index in [0.29, 0.717) is 15.8 Å². The number of anilines is 2. The second kappa shape index (κ2) is 11.5. The molecule has 0 unspecified atom stereocenters. The van der Waals surface area contributed by atoms with E-state index < -0.39 is 22.6 Å². The molecule has 11 heteroatoms. The first-order valence-corrected chi connectivity index (χ1v) is 10.7. The molecule has 0 heterocycles. The maximum absolute atomic E-state index is 13.6. The van der Waals surface area contributed by atoms with Crippen molar-refractivity contribution in [3.05, 3.63) is 98.3 Å². The van der Waals surface area contributed by atoms with Crippen LogP contribution in [0.1, 0.15) is 5.56 Å². The van der Waals surface area contributed by atoms with Gasteiger partial charge in [0.25, 0.3) is 17.5 Å². The number of non-ortho nitro benzene ring substituents is 1. The number of nitriles is 1. The molecule has 0 aromatic heterocycles. The quantitative estimate of drug-likeness (QED) is 0.178. The van der Waals surface area contributed by atoms with Crippen molar-refractivity contribution in [2.75, 3.05) is 17.2 Å². The first-order valence-electron chi connectivity index (χ1n) is 9.91. The zero-order valence-electron chi connectivity index (χ0n) is 17.8. The summed E-state index contributed by atoms with van der Waals surface area (Å²) in [5.41, 5.74) is 0.247. The number of hydrogen-bond donors (Lipinski definition) is 2. The van der Waals surface area contributed by atoms with Gasteiger partial charge in [-0.1, -0.05) is 24.3 Å². The van der Waals surface area contributed by atoms with Crippen LogP contribution in [0.15, 0.2) is 76.8 Å². The Morgan fingerprint density at radius 3 is 2.57 bits per heavy atom. The fraction of sp³-hybridized carbons (Fsp3) is 0.0417. The van der Waals surface area contributed by atoms with Crippen LogP contribution in [0.4, 0.5) is 21.5 Å². The largest absolute Gasteiger partial charge is 0.483 e. The van der Waals surface area contributed by atoms with Gasteiger partial charge in [-0.3, -0.25) is 19.7 Å². The minimum atomic E-state index is -0.741. The van der Waals surface area contributed by atoms with E-state index in [0.717, 1.165) is 0 Å². The molecule has 0 saturated carbocycles. The molecule has 0 aliphatic heterocycles. The van der Waals surface area contributed by atoms with Gasteiger partial charge < -0.3 is 15.4 Å². The van der Waals surface area contributed by atoms with Crippen molar-refractivity contribution in [3.8, 4) is 11.8 Å². The number of nitro benzene ring substituents is 1. The average molecular weight is 539 g/mol. The smallest absolute Gasteiger partial charge is 0.271 e. The third-order valence-corrected chi connectivity index (χ3v) is 5.07. The Hall–Kier alpha value is -4.56. The van der Waals surface area contributed by atoms with Crippen molar-refractivity contribution in [1.82, 2.24) is 0 Å². The van der Waals surface area contributed by atoms with Crippen molar-refractivity contribution < 1.29 is 23.6 Å². The third-order valence-electron chi connectivity index (χ3n) is 4.45. The van der Waals surface area contributed by atoms with Gasteiger partial charge in [0.15, 0.2) is 6.61 Å². The van der Waals surface area contributed by atoms with Crippen LogP contribution in [0.25, 0.3) is 6.08 Å². The number of para-hydroxylation sites is 1. The molecule has 0 saturated heterocycles. The summed E-state index contributed by atoms with van der Waals surface area (Å²) in [4.78, 5) is 34.8. The lowest BCUT2D eigenvalue weighted by Gasteiger charge is -2.10. The number of halogens is 2.